The summed E-state index contributed by atoms with van der Waals surface area (Å²) in [7, 11) is 0. The van der Waals surface area contributed by atoms with Crippen molar-refractivity contribution >= 4 is 54.9 Å². The van der Waals surface area contributed by atoms with Crippen molar-refractivity contribution in [3.8, 4) is 5.75 Å². The number of para-hydroxylation sites is 1. The predicted octanol–water partition coefficient (Wildman–Crippen LogP) is 3.70. The van der Waals surface area contributed by atoms with Crippen LogP contribution in [-0.2, 0) is 5.41 Å². The predicted molar refractivity (Wildman–Crippen MR) is 80.5 cm³/mol. The Hall–Kier alpha value is 0.0614. The monoisotopic (exact) mass is 390 g/mol. The van der Waals surface area contributed by atoms with Gasteiger partial charge in [-0.3, -0.25) is 0 Å². The Morgan fingerprint density at radius 3 is 2.05 bits per heavy atom. The molecule has 0 aliphatic heterocycles. The van der Waals surface area contributed by atoms with E-state index in [2.05, 4.69) is 0 Å². The number of carboxylic acids is 1. The number of hydrogen-bond acceptors (Lipinski definition) is 2. The molecule has 0 fully saturated rings. The third-order valence-electron chi connectivity index (χ3n) is 2.46. The van der Waals surface area contributed by atoms with Crippen molar-refractivity contribution in [1.82, 2.24) is 0 Å². The fourth-order valence-electron chi connectivity index (χ4n) is 1.71. The summed E-state index contributed by atoms with van der Waals surface area (Å²) < 4.78 is 5.87. The second kappa shape index (κ2) is 6.68. The number of aromatic carboxylic acids is 1. The largest absolute Gasteiger partial charge is 2.00 e. The van der Waals surface area contributed by atoms with E-state index < -0.39 is 11.6 Å². The zero-order chi connectivity index (χ0) is 14.1. The molecule has 1 aromatic rings. The van der Waals surface area contributed by atoms with Crippen LogP contribution in [0, 0.1) is 0 Å². The number of carboxylic acid groups (broad SMARTS) is 1. The van der Waals surface area contributed by atoms with Gasteiger partial charge in [-0.25, -0.2) is 4.79 Å². The van der Waals surface area contributed by atoms with Crippen LogP contribution in [0.2, 0.25) is 0 Å². The first-order valence-electron chi connectivity index (χ1n) is 6.08. The van der Waals surface area contributed by atoms with Gasteiger partial charge in [-0.15, -0.1) is 0 Å². The van der Waals surface area contributed by atoms with E-state index in [-0.39, 0.29) is 62.7 Å². The van der Waals surface area contributed by atoms with E-state index in [0.717, 1.165) is 5.56 Å². The van der Waals surface area contributed by atoms with Crippen molar-refractivity contribution in [2.24, 2.45) is 0 Å². The minimum atomic E-state index is -0.958. The molecule has 0 saturated heterocycles. The fourth-order valence-corrected chi connectivity index (χ4v) is 1.71. The Kier molecular flexibility index (Phi) is 6.70. The van der Waals surface area contributed by atoms with Gasteiger partial charge in [0.05, 0.1) is 0 Å². The molecule has 0 unspecified atom stereocenters. The normalized spacial score (nSPS) is 11.7. The van der Waals surface area contributed by atoms with Crippen molar-refractivity contribution in [1.29, 1.82) is 0 Å². The molecule has 1 N–H and O–H groups in total. The molecule has 0 spiro atoms. The summed E-state index contributed by atoms with van der Waals surface area (Å²) in [6.45, 7) is 11.9. The van der Waals surface area contributed by atoms with Gasteiger partial charge in [-0.2, -0.15) is 0 Å². The summed E-state index contributed by atoms with van der Waals surface area (Å²) in [6.07, 6.45) is 0. The standard InChI is InChI=1S/C15H22O3.Ba.2H/c1-14(2,3)11-9-7-8-10(13(16)17)12(11)18-15(4,5)6;;;/h7-9H,1-6H3,(H,16,17);;;/q;+2;2*-1. The van der Waals surface area contributed by atoms with Crippen LogP contribution in [0.4, 0.5) is 0 Å². The molecule has 0 aliphatic rings. The van der Waals surface area contributed by atoms with Crippen molar-refractivity contribution < 1.29 is 17.5 Å². The Bertz CT molecular complexity index is 463. The van der Waals surface area contributed by atoms with E-state index in [4.69, 9.17) is 4.74 Å². The molecule has 19 heavy (non-hydrogen) atoms. The van der Waals surface area contributed by atoms with Crippen LogP contribution in [0.3, 0.4) is 0 Å². The van der Waals surface area contributed by atoms with Gasteiger partial charge in [-0.05, 0) is 32.3 Å². The number of rotatable bonds is 2. The average molecular weight is 390 g/mol. The molecule has 0 saturated carbocycles. The number of benzene rings is 1. The van der Waals surface area contributed by atoms with Gasteiger partial charge in [-0.1, -0.05) is 32.9 Å². The molecule has 0 aliphatic carbocycles. The SMILES string of the molecule is CC(C)(C)Oc1c(C(=O)O)cccc1C(C)(C)C.[Ba+2].[H-].[H-]. The summed E-state index contributed by atoms with van der Waals surface area (Å²) in [4.78, 5) is 11.3. The first-order chi connectivity index (χ1) is 8.02. The van der Waals surface area contributed by atoms with Crippen LogP contribution < -0.4 is 4.74 Å². The Balaban J connectivity index is -0.00000108. The molecule has 1 aromatic carbocycles. The molecule has 3 nitrogen and oxygen atoms in total. The molecule has 4 heteroatoms. The number of ether oxygens (including phenoxy) is 1. The fraction of sp³-hybridized carbons (Fsp3) is 0.533. The summed E-state index contributed by atoms with van der Waals surface area (Å²) >= 11 is 0. The summed E-state index contributed by atoms with van der Waals surface area (Å²) in [5.41, 5.74) is 0.548. The molecule has 0 radical (unpaired) electrons. The van der Waals surface area contributed by atoms with Crippen molar-refractivity contribution in [2.75, 3.05) is 0 Å². The maximum absolute atomic E-state index is 11.3. The van der Waals surface area contributed by atoms with E-state index in [1.807, 2.05) is 47.6 Å². The molecule has 1 rings (SSSR count). The molecular weight excluding hydrogens is 365 g/mol. The Morgan fingerprint density at radius 2 is 1.68 bits per heavy atom. The number of carbonyl (C=O) groups is 1. The van der Waals surface area contributed by atoms with Gasteiger partial charge in [0.25, 0.3) is 0 Å². The topological polar surface area (TPSA) is 46.5 Å². The second-order valence-corrected chi connectivity index (χ2v) is 6.45. The number of hydrogen-bond donors (Lipinski definition) is 1. The molecular formula is C15H24BaO3. The van der Waals surface area contributed by atoms with Gasteiger partial charge in [0.1, 0.15) is 16.9 Å². The third-order valence-corrected chi connectivity index (χ3v) is 2.46. The molecule has 104 valence electrons. The first-order valence-corrected chi connectivity index (χ1v) is 6.08. The molecule has 0 aromatic heterocycles. The first kappa shape index (κ1) is 19.1. The smallest absolute Gasteiger partial charge is 1.00 e. The summed E-state index contributed by atoms with van der Waals surface area (Å²) in [5.74, 6) is -0.481. The maximum atomic E-state index is 11.3. The third kappa shape index (κ3) is 5.52. The van der Waals surface area contributed by atoms with Gasteiger partial charge < -0.3 is 12.7 Å². The minimum Gasteiger partial charge on any atom is -1.00 e. The van der Waals surface area contributed by atoms with Gasteiger partial charge in [0.15, 0.2) is 0 Å². The van der Waals surface area contributed by atoms with E-state index >= 15 is 0 Å². The van der Waals surface area contributed by atoms with Crippen LogP contribution in [0.25, 0.3) is 0 Å². The Morgan fingerprint density at radius 1 is 1.16 bits per heavy atom. The minimum absolute atomic E-state index is 0. The quantitative estimate of drug-likeness (QED) is 0.785. The zero-order valence-electron chi connectivity index (χ0n) is 14.7. The van der Waals surface area contributed by atoms with Crippen molar-refractivity contribution in [3.63, 3.8) is 0 Å². The maximum Gasteiger partial charge on any atom is 2.00 e. The van der Waals surface area contributed by atoms with Crippen LogP contribution in [0.5, 0.6) is 5.75 Å². The Labute approximate surface area is 158 Å². The van der Waals surface area contributed by atoms with Crippen LogP contribution in [0.15, 0.2) is 18.2 Å². The molecule has 0 heterocycles. The molecule has 0 bridgehead atoms. The van der Waals surface area contributed by atoms with Gasteiger partial charge >= 0.3 is 54.9 Å². The molecule has 0 amide bonds. The van der Waals surface area contributed by atoms with Crippen molar-refractivity contribution in [2.45, 2.75) is 52.6 Å². The van der Waals surface area contributed by atoms with Crippen LogP contribution in [-0.4, -0.2) is 65.6 Å². The van der Waals surface area contributed by atoms with E-state index in [9.17, 15) is 9.90 Å². The average Bonchev–Trinajstić information content (AvgIpc) is 2.13. The summed E-state index contributed by atoms with van der Waals surface area (Å²) in [6, 6.07) is 5.27. The van der Waals surface area contributed by atoms with E-state index in [1.165, 1.54) is 0 Å². The van der Waals surface area contributed by atoms with E-state index in [0.29, 0.717) is 5.75 Å². The van der Waals surface area contributed by atoms with Gasteiger partial charge in [0.2, 0.25) is 0 Å². The van der Waals surface area contributed by atoms with Crippen molar-refractivity contribution in [3.05, 3.63) is 29.3 Å². The summed E-state index contributed by atoms with van der Waals surface area (Å²) in [5, 5.41) is 9.27. The molecule has 0 atom stereocenters. The van der Waals surface area contributed by atoms with E-state index in [1.54, 1.807) is 12.1 Å². The van der Waals surface area contributed by atoms with Gasteiger partial charge in [0, 0.05) is 5.56 Å². The second-order valence-electron chi connectivity index (χ2n) is 6.45. The van der Waals surface area contributed by atoms with Crippen LogP contribution in [0.1, 0.15) is 60.3 Å². The zero-order valence-corrected chi connectivity index (χ0v) is 17.1. The van der Waals surface area contributed by atoms with Crippen LogP contribution >= 0.6 is 0 Å².